The van der Waals surface area contributed by atoms with E-state index in [0.29, 0.717) is 32.5 Å². The maximum Gasteiger partial charge on any atom is 0.164 e. The van der Waals surface area contributed by atoms with Crippen molar-refractivity contribution in [2.75, 3.05) is 13.2 Å². The molecule has 1 aliphatic rings. The number of rotatable bonds is 1. The summed E-state index contributed by atoms with van der Waals surface area (Å²) in [5, 5.41) is 10.3. The van der Waals surface area contributed by atoms with Gasteiger partial charge in [-0.25, -0.2) is 8.78 Å². The lowest BCUT2D eigenvalue weighted by Crippen LogP contribution is -2.27. The van der Waals surface area contributed by atoms with Crippen LogP contribution < -0.4 is 0 Å². The van der Waals surface area contributed by atoms with Crippen LogP contribution in [0.5, 0.6) is 0 Å². The quantitative estimate of drug-likeness (QED) is 0.799. The molecule has 1 fully saturated rings. The van der Waals surface area contributed by atoms with E-state index in [4.69, 9.17) is 4.74 Å². The van der Waals surface area contributed by atoms with Crippen molar-refractivity contribution in [3.63, 3.8) is 0 Å². The molecule has 0 radical (unpaired) electrons. The molecule has 0 bridgehead atoms. The first-order chi connectivity index (χ1) is 7.63. The zero-order valence-electron chi connectivity index (χ0n) is 8.88. The average molecular weight is 228 g/mol. The Morgan fingerprint density at radius 3 is 2.81 bits per heavy atom. The van der Waals surface area contributed by atoms with E-state index in [-0.39, 0.29) is 5.56 Å². The van der Waals surface area contributed by atoms with Crippen LogP contribution in [-0.2, 0) is 10.3 Å². The maximum atomic E-state index is 13.6. The van der Waals surface area contributed by atoms with Gasteiger partial charge in [0.2, 0.25) is 0 Å². The van der Waals surface area contributed by atoms with Crippen molar-refractivity contribution < 1.29 is 18.6 Å². The van der Waals surface area contributed by atoms with Crippen molar-refractivity contribution in [1.82, 2.24) is 0 Å². The van der Waals surface area contributed by atoms with Crippen LogP contribution in [0, 0.1) is 11.6 Å². The lowest BCUT2D eigenvalue weighted by molar-refractivity contribution is 0.0107. The summed E-state index contributed by atoms with van der Waals surface area (Å²) >= 11 is 0. The van der Waals surface area contributed by atoms with Gasteiger partial charge in [0, 0.05) is 25.2 Å². The summed E-state index contributed by atoms with van der Waals surface area (Å²) in [4.78, 5) is 0. The van der Waals surface area contributed by atoms with E-state index in [0.717, 1.165) is 6.07 Å². The summed E-state index contributed by atoms with van der Waals surface area (Å²) in [5.41, 5.74) is -1.26. The van der Waals surface area contributed by atoms with Gasteiger partial charge in [0.05, 0.1) is 5.60 Å². The molecule has 2 rings (SSSR count). The molecule has 4 heteroatoms. The molecule has 0 saturated carbocycles. The predicted octanol–water partition coefficient (Wildman–Crippen LogP) is 2.35. The van der Waals surface area contributed by atoms with Crippen molar-refractivity contribution in [2.45, 2.75) is 24.9 Å². The van der Waals surface area contributed by atoms with Gasteiger partial charge in [0.1, 0.15) is 0 Å². The van der Waals surface area contributed by atoms with Crippen LogP contribution >= 0.6 is 0 Å². The van der Waals surface area contributed by atoms with E-state index in [2.05, 4.69) is 0 Å². The van der Waals surface area contributed by atoms with Gasteiger partial charge in [-0.2, -0.15) is 0 Å². The molecule has 0 spiro atoms. The highest BCUT2D eigenvalue weighted by atomic mass is 19.2. The SMILES string of the molecule is OC1(c2cccc(F)c2F)CCCOCC1. The van der Waals surface area contributed by atoms with Gasteiger partial charge in [-0.05, 0) is 18.9 Å². The molecule has 1 aromatic carbocycles. The summed E-state index contributed by atoms with van der Waals surface area (Å²) in [7, 11) is 0. The van der Waals surface area contributed by atoms with Crippen LogP contribution in [0.3, 0.4) is 0 Å². The van der Waals surface area contributed by atoms with Gasteiger partial charge in [0.25, 0.3) is 0 Å². The topological polar surface area (TPSA) is 29.5 Å². The summed E-state index contributed by atoms with van der Waals surface area (Å²) < 4.78 is 31.9. The van der Waals surface area contributed by atoms with Gasteiger partial charge in [-0.3, -0.25) is 0 Å². The van der Waals surface area contributed by atoms with Gasteiger partial charge in [-0.1, -0.05) is 12.1 Å². The number of benzene rings is 1. The zero-order chi connectivity index (χ0) is 11.6. The second kappa shape index (κ2) is 4.47. The predicted molar refractivity (Wildman–Crippen MR) is 54.9 cm³/mol. The molecular formula is C12H14F2O2. The summed E-state index contributed by atoms with van der Waals surface area (Å²) in [6.45, 7) is 0.922. The van der Waals surface area contributed by atoms with Crippen LogP contribution in [0.4, 0.5) is 8.78 Å². The molecule has 0 aromatic heterocycles. The van der Waals surface area contributed by atoms with Crippen LogP contribution in [0.15, 0.2) is 18.2 Å². The van der Waals surface area contributed by atoms with E-state index < -0.39 is 17.2 Å². The van der Waals surface area contributed by atoms with Crippen molar-refractivity contribution in [3.05, 3.63) is 35.4 Å². The Kier molecular flexibility index (Phi) is 3.21. The normalized spacial score (nSPS) is 26.4. The summed E-state index contributed by atoms with van der Waals surface area (Å²) in [6, 6.07) is 3.90. The van der Waals surface area contributed by atoms with Crippen LogP contribution in [0.2, 0.25) is 0 Å². The highest BCUT2D eigenvalue weighted by Gasteiger charge is 2.33. The Hall–Kier alpha value is -1.00. The van der Waals surface area contributed by atoms with E-state index in [1.54, 1.807) is 0 Å². The molecule has 0 aliphatic carbocycles. The number of aliphatic hydroxyl groups is 1. The van der Waals surface area contributed by atoms with Gasteiger partial charge in [0.15, 0.2) is 11.6 Å². The van der Waals surface area contributed by atoms with Crippen LogP contribution in [-0.4, -0.2) is 18.3 Å². The standard InChI is InChI=1S/C12H14F2O2/c13-10-4-1-3-9(11(10)14)12(15)5-2-7-16-8-6-12/h1,3-4,15H,2,5-8H2. The van der Waals surface area contributed by atoms with Crippen LogP contribution in [0.1, 0.15) is 24.8 Å². The second-order valence-electron chi connectivity index (χ2n) is 4.10. The molecule has 1 aromatic rings. The Labute approximate surface area is 92.9 Å². The maximum absolute atomic E-state index is 13.6. The molecule has 1 atom stereocenters. The second-order valence-corrected chi connectivity index (χ2v) is 4.10. The molecular weight excluding hydrogens is 214 g/mol. The third-order valence-corrected chi connectivity index (χ3v) is 2.99. The van der Waals surface area contributed by atoms with Gasteiger partial charge in [-0.15, -0.1) is 0 Å². The fourth-order valence-electron chi connectivity index (χ4n) is 2.07. The molecule has 1 aliphatic heterocycles. The molecule has 88 valence electrons. The number of hydrogen-bond donors (Lipinski definition) is 1. The minimum atomic E-state index is -1.30. The summed E-state index contributed by atoms with van der Waals surface area (Å²) in [5.74, 6) is -1.87. The van der Waals surface area contributed by atoms with Gasteiger partial charge >= 0.3 is 0 Å². The zero-order valence-corrected chi connectivity index (χ0v) is 8.88. The third kappa shape index (κ3) is 2.08. The fraction of sp³-hybridized carbons (Fsp3) is 0.500. The minimum absolute atomic E-state index is 0.0398. The number of ether oxygens (including phenoxy) is 1. The Bertz CT molecular complexity index is 371. The largest absolute Gasteiger partial charge is 0.385 e. The minimum Gasteiger partial charge on any atom is -0.385 e. The molecule has 2 nitrogen and oxygen atoms in total. The molecule has 1 heterocycles. The highest BCUT2D eigenvalue weighted by Crippen LogP contribution is 2.34. The van der Waals surface area contributed by atoms with Crippen molar-refractivity contribution in [1.29, 1.82) is 0 Å². The van der Waals surface area contributed by atoms with E-state index in [1.807, 2.05) is 0 Å². The van der Waals surface area contributed by atoms with E-state index >= 15 is 0 Å². The molecule has 1 unspecified atom stereocenters. The first-order valence-electron chi connectivity index (χ1n) is 5.38. The molecule has 1 N–H and O–H groups in total. The smallest absolute Gasteiger partial charge is 0.164 e. The first-order valence-corrected chi connectivity index (χ1v) is 5.38. The number of hydrogen-bond acceptors (Lipinski definition) is 2. The molecule has 1 saturated heterocycles. The third-order valence-electron chi connectivity index (χ3n) is 2.99. The lowest BCUT2D eigenvalue weighted by atomic mass is 9.86. The lowest BCUT2D eigenvalue weighted by Gasteiger charge is -2.26. The van der Waals surface area contributed by atoms with Gasteiger partial charge < -0.3 is 9.84 Å². The molecule has 16 heavy (non-hydrogen) atoms. The molecule has 0 amide bonds. The van der Waals surface area contributed by atoms with Crippen LogP contribution in [0.25, 0.3) is 0 Å². The van der Waals surface area contributed by atoms with E-state index in [1.165, 1.54) is 12.1 Å². The summed E-state index contributed by atoms with van der Waals surface area (Å²) in [6.07, 6.45) is 1.34. The Balaban J connectivity index is 2.37. The highest BCUT2D eigenvalue weighted by molar-refractivity contribution is 5.25. The monoisotopic (exact) mass is 228 g/mol. The average Bonchev–Trinajstić information content (AvgIpc) is 2.48. The van der Waals surface area contributed by atoms with Crippen molar-refractivity contribution in [3.8, 4) is 0 Å². The van der Waals surface area contributed by atoms with E-state index in [9.17, 15) is 13.9 Å². The number of halogens is 2. The first kappa shape index (κ1) is 11.5. The van der Waals surface area contributed by atoms with Crippen molar-refractivity contribution >= 4 is 0 Å². The Morgan fingerprint density at radius 2 is 2.00 bits per heavy atom. The fourth-order valence-corrected chi connectivity index (χ4v) is 2.07. The Morgan fingerprint density at radius 1 is 1.19 bits per heavy atom. The van der Waals surface area contributed by atoms with Crippen molar-refractivity contribution in [2.24, 2.45) is 0 Å².